The third-order valence-corrected chi connectivity index (χ3v) is 3.93. The fourth-order valence-electron chi connectivity index (χ4n) is 2.64. The Hall–Kier alpha value is -3.80. The van der Waals surface area contributed by atoms with E-state index in [1.807, 2.05) is 30.8 Å². The van der Waals surface area contributed by atoms with Crippen LogP contribution in [0.2, 0.25) is 0 Å². The van der Waals surface area contributed by atoms with Crippen molar-refractivity contribution < 1.29 is 4.79 Å². The number of aldehydes is 1. The summed E-state index contributed by atoms with van der Waals surface area (Å²) in [5.74, 6) is 0.491. The van der Waals surface area contributed by atoms with Gasteiger partial charge in [-0.05, 0) is 26.0 Å². The van der Waals surface area contributed by atoms with Crippen LogP contribution >= 0.6 is 0 Å². The Kier molecular flexibility index (Phi) is 3.58. The molecule has 4 aromatic rings. The van der Waals surface area contributed by atoms with E-state index >= 15 is 0 Å². The predicted octanol–water partition coefficient (Wildman–Crippen LogP) is 2.93. The van der Waals surface area contributed by atoms with Crippen molar-refractivity contribution in [1.82, 2.24) is 34.3 Å². The van der Waals surface area contributed by atoms with E-state index in [2.05, 4.69) is 30.0 Å². The van der Waals surface area contributed by atoms with Crippen LogP contribution in [0.5, 0.6) is 0 Å². The van der Waals surface area contributed by atoms with Gasteiger partial charge in [-0.1, -0.05) is 11.7 Å². The van der Waals surface area contributed by atoms with Gasteiger partial charge in [-0.25, -0.2) is 9.97 Å². The smallest absolute Gasteiger partial charge is 0.275 e. The lowest BCUT2D eigenvalue weighted by atomic mass is 10.2. The summed E-state index contributed by atoms with van der Waals surface area (Å²) in [6.07, 6.45) is 3.98. The number of carbonyl (C=O) groups excluding carboxylic acids is 1. The highest BCUT2D eigenvalue weighted by Gasteiger charge is 2.19. The first kappa shape index (κ1) is 15.7. The van der Waals surface area contributed by atoms with Crippen LogP contribution in [-0.2, 0) is 0 Å². The molecule has 0 atom stereocenters. The van der Waals surface area contributed by atoms with E-state index in [-0.39, 0.29) is 11.9 Å². The van der Waals surface area contributed by atoms with Gasteiger partial charge in [0.1, 0.15) is 17.1 Å². The average molecular weight is 346 g/mol. The number of imidazole rings is 2. The maximum atomic E-state index is 11.2. The Morgan fingerprint density at radius 2 is 2.08 bits per heavy atom. The van der Waals surface area contributed by atoms with Crippen molar-refractivity contribution in [2.24, 2.45) is 0 Å². The molecule has 1 N–H and O–H groups in total. The zero-order valence-corrected chi connectivity index (χ0v) is 14.1. The fraction of sp³-hybridized carbons (Fsp3) is 0.176. The van der Waals surface area contributed by atoms with E-state index in [1.54, 1.807) is 12.1 Å². The molecule has 128 valence electrons. The number of carbonyl (C=O) groups is 1. The number of rotatable bonds is 4. The van der Waals surface area contributed by atoms with Crippen LogP contribution in [0.3, 0.4) is 0 Å². The van der Waals surface area contributed by atoms with Crippen molar-refractivity contribution in [3.05, 3.63) is 47.8 Å². The molecule has 0 unspecified atom stereocenters. The molecular formula is C17H14N8O. The van der Waals surface area contributed by atoms with E-state index < -0.39 is 0 Å². The van der Waals surface area contributed by atoms with Gasteiger partial charge in [0, 0.05) is 18.3 Å². The molecule has 0 amide bonds. The SMILES string of the molecule is [C-]#[N+]c1cnc2ccc(-c3nc(C=O)[nH]c3-c3ccn(C(C)C)n3)nn12. The molecule has 0 aliphatic heterocycles. The molecule has 0 bridgehead atoms. The summed E-state index contributed by atoms with van der Waals surface area (Å²) in [6.45, 7) is 11.3. The van der Waals surface area contributed by atoms with Crippen molar-refractivity contribution >= 4 is 17.8 Å². The molecule has 0 radical (unpaired) electrons. The highest BCUT2D eigenvalue weighted by atomic mass is 16.1. The number of hydrogen-bond acceptors (Lipinski definition) is 5. The van der Waals surface area contributed by atoms with E-state index in [1.165, 1.54) is 10.7 Å². The summed E-state index contributed by atoms with van der Waals surface area (Å²) >= 11 is 0. The van der Waals surface area contributed by atoms with Gasteiger partial charge in [0.25, 0.3) is 5.82 Å². The molecule has 0 aromatic carbocycles. The summed E-state index contributed by atoms with van der Waals surface area (Å²) < 4.78 is 3.28. The largest absolute Gasteiger partial charge is 0.360 e. The molecule has 9 nitrogen and oxygen atoms in total. The quantitative estimate of drug-likeness (QED) is 0.452. The van der Waals surface area contributed by atoms with Gasteiger partial charge in [-0.15, -0.1) is 4.52 Å². The van der Waals surface area contributed by atoms with E-state index in [9.17, 15) is 4.79 Å². The van der Waals surface area contributed by atoms with Crippen LogP contribution < -0.4 is 0 Å². The Labute approximate surface area is 148 Å². The molecule has 26 heavy (non-hydrogen) atoms. The summed E-state index contributed by atoms with van der Waals surface area (Å²) in [7, 11) is 0. The first-order valence-corrected chi connectivity index (χ1v) is 7.94. The van der Waals surface area contributed by atoms with Crippen LogP contribution in [0.4, 0.5) is 5.82 Å². The van der Waals surface area contributed by atoms with Crippen molar-refractivity contribution in [2.45, 2.75) is 19.9 Å². The number of aromatic nitrogens is 7. The second kappa shape index (κ2) is 5.93. The zero-order valence-electron chi connectivity index (χ0n) is 14.1. The number of aromatic amines is 1. The third kappa shape index (κ3) is 2.44. The van der Waals surface area contributed by atoms with Gasteiger partial charge >= 0.3 is 0 Å². The van der Waals surface area contributed by atoms with Gasteiger partial charge in [0.05, 0.1) is 11.9 Å². The molecule has 0 saturated carbocycles. The highest BCUT2D eigenvalue weighted by molar-refractivity contribution is 5.80. The normalized spacial score (nSPS) is 11.2. The topological polar surface area (TPSA) is 98.1 Å². The minimum Gasteiger partial charge on any atom is -0.360 e. The average Bonchev–Trinajstić information content (AvgIpc) is 3.37. The molecule has 4 heterocycles. The number of hydrogen-bond donors (Lipinski definition) is 1. The van der Waals surface area contributed by atoms with Gasteiger partial charge in [0.15, 0.2) is 12.1 Å². The fourth-order valence-corrected chi connectivity index (χ4v) is 2.64. The highest BCUT2D eigenvalue weighted by Crippen LogP contribution is 2.29. The first-order valence-electron chi connectivity index (χ1n) is 7.94. The molecule has 4 aromatic heterocycles. The molecule has 0 saturated heterocycles. The standard InChI is InChI=1S/C17H14N8O/c1-10(2)24-7-6-12(22-24)17-16(20-13(9-26)21-17)11-4-5-14-19-8-15(18-3)25(14)23-11/h4-10H,1-2H3,(H,20,21). The van der Waals surface area contributed by atoms with Crippen LogP contribution in [0, 0.1) is 6.57 Å². The molecule has 0 fully saturated rings. The van der Waals surface area contributed by atoms with Gasteiger partial charge in [0.2, 0.25) is 5.65 Å². The molecule has 9 heteroatoms. The summed E-state index contributed by atoms with van der Waals surface area (Å²) in [4.78, 5) is 26.1. The minimum atomic E-state index is 0.187. The molecule has 4 rings (SSSR count). The second-order valence-corrected chi connectivity index (χ2v) is 5.96. The molecule has 0 aliphatic carbocycles. The van der Waals surface area contributed by atoms with Crippen LogP contribution in [-0.4, -0.2) is 40.6 Å². The van der Waals surface area contributed by atoms with Gasteiger partial charge < -0.3 is 9.83 Å². The lowest BCUT2D eigenvalue weighted by Crippen LogP contribution is -2.01. The maximum Gasteiger partial charge on any atom is 0.275 e. The Morgan fingerprint density at radius 3 is 2.77 bits per heavy atom. The van der Waals surface area contributed by atoms with E-state index in [0.29, 0.717) is 40.5 Å². The minimum absolute atomic E-state index is 0.187. The predicted molar refractivity (Wildman–Crippen MR) is 93.8 cm³/mol. The van der Waals surface area contributed by atoms with Crippen LogP contribution in [0.15, 0.2) is 30.6 Å². The van der Waals surface area contributed by atoms with Crippen molar-refractivity contribution in [3.8, 4) is 22.8 Å². The number of nitrogens with one attached hydrogen (secondary N) is 1. The third-order valence-electron chi connectivity index (χ3n) is 3.93. The summed E-state index contributed by atoms with van der Waals surface area (Å²) in [6, 6.07) is 5.57. The lowest BCUT2D eigenvalue weighted by Gasteiger charge is -2.04. The van der Waals surface area contributed by atoms with Crippen molar-refractivity contribution in [1.29, 1.82) is 0 Å². The molecule has 0 aliphatic rings. The van der Waals surface area contributed by atoms with E-state index in [0.717, 1.165) is 0 Å². The monoisotopic (exact) mass is 346 g/mol. The first-order chi connectivity index (χ1) is 12.6. The zero-order chi connectivity index (χ0) is 18.3. The Balaban J connectivity index is 1.89. The molecule has 0 spiro atoms. The van der Waals surface area contributed by atoms with Crippen LogP contribution in [0.1, 0.15) is 30.5 Å². The van der Waals surface area contributed by atoms with Gasteiger partial charge in [-0.2, -0.15) is 5.10 Å². The Morgan fingerprint density at radius 1 is 1.23 bits per heavy atom. The second-order valence-electron chi connectivity index (χ2n) is 5.96. The Bertz CT molecular complexity index is 1160. The summed E-state index contributed by atoms with van der Waals surface area (Å²) in [5.41, 5.74) is 2.83. The van der Waals surface area contributed by atoms with Crippen molar-refractivity contribution in [2.75, 3.05) is 0 Å². The lowest BCUT2D eigenvalue weighted by molar-refractivity contribution is 0.111. The van der Waals surface area contributed by atoms with E-state index in [4.69, 9.17) is 6.57 Å². The number of fused-ring (bicyclic) bond motifs is 1. The molecular weight excluding hydrogens is 332 g/mol. The summed E-state index contributed by atoms with van der Waals surface area (Å²) in [5, 5.41) is 8.99. The number of nitrogens with zero attached hydrogens (tertiary/aromatic N) is 7. The van der Waals surface area contributed by atoms with Crippen LogP contribution in [0.25, 0.3) is 33.3 Å². The van der Waals surface area contributed by atoms with Crippen molar-refractivity contribution in [3.63, 3.8) is 0 Å². The maximum absolute atomic E-state index is 11.2. The number of H-pyrrole nitrogens is 1. The van der Waals surface area contributed by atoms with Gasteiger partial charge in [-0.3, -0.25) is 9.48 Å².